The van der Waals surface area contributed by atoms with Crippen molar-refractivity contribution in [1.82, 2.24) is 0 Å². The number of benzene rings is 4. The summed E-state index contributed by atoms with van der Waals surface area (Å²) >= 11 is 6.06. The first-order chi connectivity index (χ1) is 12.3. The van der Waals surface area contributed by atoms with Gasteiger partial charge >= 0.3 is 0 Å². The highest BCUT2D eigenvalue weighted by atomic mass is 35.5. The molecule has 4 aromatic rings. The number of hydrogen-bond donors (Lipinski definition) is 0. The van der Waals surface area contributed by atoms with Gasteiger partial charge in [0.1, 0.15) is 5.75 Å². The van der Waals surface area contributed by atoms with Gasteiger partial charge in [0.15, 0.2) is 0 Å². The normalized spacial score (nSPS) is 10.8. The molecule has 0 aromatic heterocycles. The molecule has 0 unspecified atom stereocenters. The molecule has 0 aliphatic rings. The number of fused-ring (bicyclic) bond motifs is 1. The molecule has 0 spiro atoms. The zero-order valence-corrected chi connectivity index (χ0v) is 14.6. The molecule has 0 fully saturated rings. The topological polar surface area (TPSA) is 9.23 Å². The Labute approximate surface area is 152 Å². The second-order valence-corrected chi connectivity index (χ2v) is 6.38. The Morgan fingerprint density at radius 2 is 1.16 bits per heavy atom. The Bertz CT molecular complexity index is 1010. The zero-order chi connectivity index (χ0) is 17.2. The van der Waals surface area contributed by atoms with Gasteiger partial charge in [-0.25, -0.2) is 0 Å². The van der Waals surface area contributed by atoms with Crippen molar-refractivity contribution in [2.24, 2.45) is 0 Å². The molecular weight excluding hydrogens is 328 g/mol. The lowest BCUT2D eigenvalue weighted by atomic mass is 9.91. The molecule has 0 aliphatic heterocycles. The van der Waals surface area contributed by atoms with Gasteiger partial charge in [-0.15, -0.1) is 0 Å². The van der Waals surface area contributed by atoms with Crippen LogP contribution in [0.15, 0.2) is 84.9 Å². The molecule has 0 bridgehead atoms. The summed E-state index contributed by atoms with van der Waals surface area (Å²) in [5, 5.41) is 3.22. The van der Waals surface area contributed by atoms with Crippen LogP contribution >= 0.6 is 11.6 Å². The molecule has 4 rings (SSSR count). The van der Waals surface area contributed by atoms with Crippen LogP contribution < -0.4 is 4.74 Å². The number of ether oxygens (including phenoxy) is 1. The van der Waals surface area contributed by atoms with Crippen LogP contribution in [0.25, 0.3) is 33.0 Å². The molecule has 0 amide bonds. The second-order valence-electron chi connectivity index (χ2n) is 5.94. The van der Waals surface area contributed by atoms with Crippen LogP contribution in [-0.2, 0) is 0 Å². The van der Waals surface area contributed by atoms with Gasteiger partial charge in [-0.1, -0.05) is 72.3 Å². The average Bonchev–Trinajstić information content (AvgIpc) is 2.68. The highest BCUT2D eigenvalue weighted by Gasteiger charge is 2.10. The van der Waals surface area contributed by atoms with Crippen molar-refractivity contribution < 1.29 is 4.74 Å². The molecule has 0 N–H and O–H groups in total. The summed E-state index contributed by atoms with van der Waals surface area (Å²) in [6, 6.07) is 29.1. The molecule has 0 atom stereocenters. The summed E-state index contributed by atoms with van der Waals surface area (Å²) in [6.07, 6.45) is 0. The third-order valence-corrected chi connectivity index (χ3v) is 4.71. The largest absolute Gasteiger partial charge is 0.497 e. The Hall–Kier alpha value is -2.77. The SMILES string of the molecule is COc1ccc(-c2cccc3cccc(-c4ccc(Cl)cc4)c23)cc1. The maximum absolute atomic E-state index is 6.06. The summed E-state index contributed by atoms with van der Waals surface area (Å²) in [5.41, 5.74) is 4.76. The quantitative estimate of drug-likeness (QED) is 0.395. The van der Waals surface area contributed by atoms with Crippen molar-refractivity contribution in [3.63, 3.8) is 0 Å². The molecule has 25 heavy (non-hydrogen) atoms. The molecular formula is C23H17ClO. The Morgan fingerprint density at radius 3 is 1.68 bits per heavy atom. The summed E-state index contributed by atoms with van der Waals surface area (Å²) in [4.78, 5) is 0. The predicted octanol–water partition coefficient (Wildman–Crippen LogP) is 6.84. The Morgan fingerprint density at radius 1 is 0.640 bits per heavy atom. The molecule has 2 heteroatoms. The summed E-state index contributed by atoms with van der Waals surface area (Å²) in [5.74, 6) is 0.863. The van der Waals surface area contributed by atoms with Gasteiger partial charge in [0.05, 0.1) is 7.11 Å². The van der Waals surface area contributed by atoms with Crippen LogP contribution in [-0.4, -0.2) is 7.11 Å². The number of hydrogen-bond acceptors (Lipinski definition) is 1. The summed E-state index contributed by atoms with van der Waals surface area (Å²) < 4.78 is 5.28. The highest BCUT2D eigenvalue weighted by molar-refractivity contribution is 6.30. The summed E-state index contributed by atoms with van der Waals surface area (Å²) in [6.45, 7) is 0. The number of rotatable bonds is 3. The van der Waals surface area contributed by atoms with Gasteiger partial charge < -0.3 is 4.74 Å². The predicted molar refractivity (Wildman–Crippen MR) is 106 cm³/mol. The van der Waals surface area contributed by atoms with Crippen LogP contribution in [0.3, 0.4) is 0 Å². The van der Waals surface area contributed by atoms with Crippen molar-refractivity contribution >= 4 is 22.4 Å². The average molecular weight is 345 g/mol. The van der Waals surface area contributed by atoms with E-state index in [0.29, 0.717) is 0 Å². The van der Waals surface area contributed by atoms with E-state index in [0.717, 1.165) is 16.3 Å². The highest BCUT2D eigenvalue weighted by Crippen LogP contribution is 2.37. The minimum atomic E-state index is 0.749. The lowest BCUT2D eigenvalue weighted by Crippen LogP contribution is -1.87. The zero-order valence-electron chi connectivity index (χ0n) is 13.9. The fourth-order valence-corrected chi connectivity index (χ4v) is 3.35. The van der Waals surface area contributed by atoms with E-state index >= 15 is 0 Å². The molecule has 4 aromatic carbocycles. The second kappa shape index (κ2) is 6.62. The van der Waals surface area contributed by atoms with E-state index in [1.54, 1.807) is 7.11 Å². The van der Waals surface area contributed by atoms with Crippen molar-refractivity contribution in [2.75, 3.05) is 7.11 Å². The lowest BCUT2D eigenvalue weighted by molar-refractivity contribution is 0.415. The third kappa shape index (κ3) is 2.99. The van der Waals surface area contributed by atoms with Gasteiger partial charge in [-0.2, -0.15) is 0 Å². The molecule has 0 heterocycles. The first kappa shape index (κ1) is 15.7. The van der Waals surface area contributed by atoms with E-state index < -0.39 is 0 Å². The molecule has 0 aliphatic carbocycles. The van der Waals surface area contributed by atoms with E-state index in [-0.39, 0.29) is 0 Å². The molecule has 0 saturated carbocycles. The minimum absolute atomic E-state index is 0.749. The monoisotopic (exact) mass is 344 g/mol. The van der Waals surface area contributed by atoms with E-state index in [1.807, 2.05) is 24.3 Å². The van der Waals surface area contributed by atoms with E-state index in [4.69, 9.17) is 16.3 Å². The van der Waals surface area contributed by atoms with Crippen LogP contribution in [0.2, 0.25) is 5.02 Å². The van der Waals surface area contributed by atoms with Crippen LogP contribution in [0.1, 0.15) is 0 Å². The van der Waals surface area contributed by atoms with Crippen LogP contribution in [0.4, 0.5) is 0 Å². The Kier molecular flexibility index (Phi) is 4.17. The van der Waals surface area contributed by atoms with E-state index in [2.05, 4.69) is 60.7 Å². The molecule has 0 saturated heterocycles. The van der Waals surface area contributed by atoms with Crippen molar-refractivity contribution in [2.45, 2.75) is 0 Å². The van der Waals surface area contributed by atoms with Crippen molar-refractivity contribution in [1.29, 1.82) is 0 Å². The van der Waals surface area contributed by atoms with E-state index in [1.165, 1.54) is 27.5 Å². The fraction of sp³-hybridized carbons (Fsp3) is 0.0435. The smallest absolute Gasteiger partial charge is 0.118 e. The van der Waals surface area contributed by atoms with Crippen LogP contribution in [0, 0.1) is 0 Å². The molecule has 1 nitrogen and oxygen atoms in total. The van der Waals surface area contributed by atoms with Gasteiger partial charge in [0.2, 0.25) is 0 Å². The summed E-state index contributed by atoms with van der Waals surface area (Å²) in [7, 11) is 1.69. The van der Waals surface area contributed by atoms with Gasteiger partial charge in [0, 0.05) is 5.02 Å². The molecule has 122 valence electrons. The van der Waals surface area contributed by atoms with Gasteiger partial charge in [0.25, 0.3) is 0 Å². The van der Waals surface area contributed by atoms with Crippen molar-refractivity contribution in [3.05, 3.63) is 90.0 Å². The van der Waals surface area contributed by atoms with Gasteiger partial charge in [-0.05, 0) is 57.3 Å². The first-order valence-electron chi connectivity index (χ1n) is 8.18. The lowest BCUT2D eigenvalue weighted by Gasteiger charge is -2.13. The van der Waals surface area contributed by atoms with E-state index in [9.17, 15) is 0 Å². The van der Waals surface area contributed by atoms with Crippen LogP contribution in [0.5, 0.6) is 5.75 Å². The standard InChI is InChI=1S/C23H17ClO/c1-25-20-14-10-17(11-15-20)22-7-3-5-18-4-2-6-21(23(18)22)16-8-12-19(24)13-9-16/h2-15H,1H3. The number of halogens is 1. The number of methoxy groups -OCH3 is 1. The Balaban J connectivity index is 1.97. The first-order valence-corrected chi connectivity index (χ1v) is 8.56. The molecule has 0 radical (unpaired) electrons. The van der Waals surface area contributed by atoms with Crippen molar-refractivity contribution in [3.8, 4) is 28.0 Å². The maximum atomic E-state index is 6.06. The minimum Gasteiger partial charge on any atom is -0.497 e. The maximum Gasteiger partial charge on any atom is 0.118 e. The van der Waals surface area contributed by atoms with Gasteiger partial charge in [-0.3, -0.25) is 0 Å². The third-order valence-electron chi connectivity index (χ3n) is 4.46. The fourth-order valence-electron chi connectivity index (χ4n) is 3.22.